The predicted octanol–water partition coefficient (Wildman–Crippen LogP) is 0.282. The molecule has 0 bridgehead atoms. The van der Waals surface area contributed by atoms with Gasteiger partial charge in [0.05, 0.1) is 6.04 Å². The van der Waals surface area contributed by atoms with E-state index >= 15 is 0 Å². The summed E-state index contributed by atoms with van der Waals surface area (Å²) >= 11 is 1.29. The van der Waals surface area contributed by atoms with E-state index in [4.69, 9.17) is 10.9 Å². The molecule has 1 aromatic heterocycles. The van der Waals surface area contributed by atoms with Crippen LogP contribution in [-0.4, -0.2) is 16.1 Å². The number of hydrogen-bond donors (Lipinski definition) is 3. The number of carbonyl (C=O) groups excluding carboxylic acids is 1. The summed E-state index contributed by atoms with van der Waals surface area (Å²) in [4.78, 5) is 14.7. The van der Waals surface area contributed by atoms with Crippen molar-refractivity contribution in [2.24, 2.45) is 5.73 Å². The van der Waals surface area contributed by atoms with Gasteiger partial charge in [-0.25, -0.2) is 10.5 Å². The average Bonchev–Trinajstić information content (AvgIpc) is 2.51. The summed E-state index contributed by atoms with van der Waals surface area (Å²) in [5.41, 5.74) is 7.21. The van der Waals surface area contributed by atoms with Crippen LogP contribution in [0.5, 0.6) is 0 Å². The first-order chi connectivity index (χ1) is 5.65. The smallest absolute Gasteiger partial charge is 0.294 e. The van der Waals surface area contributed by atoms with E-state index in [9.17, 15) is 4.79 Å². The van der Waals surface area contributed by atoms with E-state index in [1.807, 2.05) is 0 Å². The van der Waals surface area contributed by atoms with E-state index in [0.29, 0.717) is 5.01 Å². The molecule has 6 heteroatoms. The fraction of sp³-hybridized carbons (Fsp3) is 0.333. The van der Waals surface area contributed by atoms with Gasteiger partial charge in [-0.1, -0.05) is 0 Å². The topological polar surface area (TPSA) is 88.2 Å². The SMILES string of the molecule is CC(N)c1nc(C(=O)NO)cs1. The maximum Gasteiger partial charge on any atom is 0.294 e. The molecule has 0 aromatic carbocycles. The van der Waals surface area contributed by atoms with Crippen molar-refractivity contribution in [2.75, 3.05) is 0 Å². The number of thiazole rings is 1. The average molecular weight is 187 g/mol. The summed E-state index contributed by atoms with van der Waals surface area (Å²) in [7, 11) is 0. The third kappa shape index (κ3) is 1.79. The van der Waals surface area contributed by atoms with Gasteiger partial charge < -0.3 is 5.73 Å². The molecule has 66 valence electrons. The second-order valence-electron chi connectivity index (χ2n) is 2.30. The largest absolute Gasteiger partial charge is 0.322 e. The van der Waals surface area contributed by atoms with Gasteiger partial charge in [0.25, 0.3) is 5.91 Å². The number of hydroxylamine groups is 1. The highest BCUT2D eigenvalue weighted by molar-refractivity contribution is 7.09. The van der Waals surface area contributed by atoms with Crippen LogP contribution in [0, 0.1) is 0 Å². The second-order valence-corrected chi connectivity index (χ2v) is 3.19. The summed E-state index contributed by atoms with van der Waals surface area (Å²) in [6.45, 7) is 1.78. The number of carbonyl (C=O) groups is 1. The van der Waals surface area contributed by atoms with Gasteiger partial charge >= 0.3 is 0 Å². The maximum atomic E-state index is 10.8. The van der Waals surface area contributed by atoms with Crippen molar-refractivity contribution in [1.82, 2.24) is 10.5 Å². The van der Waals surface area contributed by atoms with Crippen LogP contribution in [-0.2, 0) is 0 Å². The number of nitrogens with one attached hydrogen (secondary N) is 1. The van der Waals surface area contributed by atoms with Gasteiger partial charge in [0, 0.05) is 5.38 Å². The van der Waals surface area contributed by atoms with Crippen LogP contribution in [0.3, 0.4) is 0 Å². The normalized spacial score (nSPS) is 12.6. The Balaban J connectivity index is 2.84. The third-order valence-electron chi connectivity index (χ3n) is 1.25. The van der Waals surface area contributed by atoms with Crippen LogP contribution in [0.15, 0.2) is 5.38 Å². The molecule has 0 radical (unpaired) electrons. The molecule has 0 aliphatic heterocycles. The summed E-state index contributed by atoms with van der Waals surface area (Å²) in [5, 5.41) is 10.5. The lowest BCUT2D eigenvalue weighted by Crippen LogP contribution is -2.19. The molecule has 4 N–H and O–H groups in total. The fourth-order valence-electron chi connectivity index (χ4n) is 0.658. The standard InChI is InChI=1S/C6H9N3O2S/c1-3(7)6-8-4(2-12-6)5(10)9-11/h2-3,11H,7H2,1H3,(H,9,10). The molecule has 0 saturated carbocycles. The van der Waals surface area contributed by atoms with Crippen molar-refractivity contribution in [3.63, 3.8) is 0 Å². The molecule has 0 spiro atoms. The monoisotopic (exact) mass is 187 g/mol. The van der Waals surface area contributed by atoms with Crippen LogP contribution < -0.4 is 11.2 Å². The predicted molar refractivity (Wildman–Crippen MR) is 44.0 cm³/mol. The van der Waals surface area contributed by atoms with E-state index < -0.39 is 5.91 Å². The molecule has 12 heavy (non-hydrogen) atoms. The lowest BCUT2D eigenvalue weighted by Gasteiger charge is -1.96. The molecule has 5 nitrogen and oxygen atoms in total. The Kier molecular flexibility index (Phi) is 2.74. The zero-order chi connectivity index (χ0) is 9.14. The highest BCUT2D eigenvalue weighted by Gasteiger charge is 2.11. The quantitative estimate of drug-likeness (QED) is 0.458. The summed E-state index contributed by atoms with van der Waals surface area (Å²) in [6, 6.07) is -0.185. The molecule has 0 aliphatic rings. The van der Waals surface area contributed by atoms with Crippen molar-refractivity contribution in [2.45, 2.75) is 13.0 Å². The highest BCUT2D eigenvalue weighted by atomic mass is 32.1. The van der Waals surface area contributed by atoms with Crippen LogP contribution in [0.1, 0.15) is 28.5 Å². The molecule has 0 fully saturated rings. The Hall–Kier alpha value is -0.980. The Morgan fingerprint density at radius 2 is 2.58 bits per heavy atom. The number of aromatic nitrogens is 1. The molecule has 0 aliphatic carbocycles. The van der Waals surface area contributed by atoms with Gasteiger partial charge in [-0.3, -0.25) is 10.0 Å². The van der Waals surface area contributed by atoms with Crippen molar-refractivity contribution >= 4 is 17.2 Å². The minimum atomic E-state index is -0.613. The summed E-state index contributed by atoms with van der Waals surface area (Å²) in [5.74, 6) is -0.613. The lowest BCUT2D eigenvalue weighted by atomic mass is 10.4. The number of nitrogens with zero attached hydrogens (tertiary/aromatic N) is 1. The molecule has 1 amide bonds. The van der Waals surface area contributed by atoms with E-state index in [2.05, 4.69) is 4.98 Å². The lowest BCUT2D eigenvalue weighted by molar-refractivity contribution is 0.0701. The van der Waals surface area contributed by atoms with Crippen LogP contribution in [0.2, 0.25) is 0 Å². The highest BCUT2D eigenvalue weighted by Crippen LogP contribution is 2.15. The number of nitrogens with two attached hydrogens (primary N) is 1. The number of rotatable bonds is 2. The summed E-state index contributed by atoms with van der Waals surface area (Å²) < 4.78 is 0. The molecular formula is C6H9N3O2S. The maximum absolute atomic E-state index is 10.8. The van der Waals surface area contributed by atoms with Crippen molar-refractivity contribution in [1.29, 1.82) is 0 Å². The van der Waals surface area contributed by atoms with Gasteiger partial charge in [-0.15, -0.1) is 11.3 Å². The Morgan fingerprint density at radius 1 is 1.92 bits per heavy atom. The zero-order valence-electron chi connectivity index (χ0n) is 6.44. The van der Waals surface area contributed by atoms with Gasteiger partial charge in [0.2, 0.25) is 0 Å². The molecule has 1 unspecified atom stereocenters. The van der Waals surface area contributed by atoms with E-state index in [1.165, 1.54) is 16.8 Å². The molecule has 1 atom stereocenters. The van der Waals surface area contributed by atoms with E-state index in [-0.39, 0.29) is 11.7 Å². The van der Waals surface area contributed by atoms with Crippen molar-refractivity contribution in [3.8, 4) is 0 Å². The first-order valence-electron chi connectivity index (χ1n) is 3.30. The summed E-state index contributed by atoms with van der Waals surface area (Å²) in [6.07, 6.45) is 0. The van der Waals surface area contributed by atoms with Crippen molar-refractivity contribution in [3.05, 3.63) is 16.1 Å². The number of hydrogen-bond acceptors (Lipinski definition) is 5. The first-order valence-corrected chi connectivity index (χ1v) is 4.18. The van der Waals surface area contributed by atoms with Gasteiger partial charge in [0.15, 0.2) is 0 Å². The molecular weight excluding hydrogens is 178 g/mol. The molecule has 1 rings (SSSR count). The first kappa shape index (κ1) is 9.11. The molecule has 0 saturated heterocycles. The Bertz CT molecular complexity index is 284. The van der Waals surface area contributed by atoms with E-state index in [1.54, 1.807) is 12.3 Å². The van der Waals surface area contributed by atoms with Gasteiger partial charge in [0.1, 0.15) is 10.7 Å². The molecule has 1 heterocycles. The zero-order valence-corrected chi connectivity index (χ0v) is 7.26. The van der Waals surface area contributed by atoms with Crippen LogP contribution in [0.4, 0.5) is 0 Å². The van der Waals surface area contributed by atoms with Gasteiger partial charge in [-0.2, -0.15) is 0 Å². The van der Waals surface area contributed by atoms with Crippen molar-refractivity contribution < 1.29 is 10.0 Å². The Morgan fingerprint density at radius 3 is 3.00 bits per heavy atom. The third-order valence-corrected chi connectivity index (χ3v) is 2.29. The molecule has 1 aromatic rings. The number of amides is 1. The van der Waals surface area contributed by atoms with Crippen LogP contribution >= 0.6 is 11.3 Å². The fourth-order valence-corrected chi connectivity index (χ4v) is 1.42. The Labute approximate surface area is 73.2 Å². The minimum Gasteiger partial charge on any atom is -0.322 e. The second kappa shape index (κ2) is 3.61. The van der Waals surface area contributed by atoms with E-state index in [0.717, 1.165) is 0 Å². The van der Waals surface area contributed by atoms with Crippen LogP contribution in [0.25, 0.3) is 0 Å². The minimum absolute atomic E-state index is 0.185. The van der Waals surface area contributed by atoms with Gasteiger partial charge in [-0.05, 0) is 6.92 Å².